The van der Waals surface area contributed by atoms with Crippen molar-refractivity contribution in [3.05, 3.63) is 72.2 Å². The standard InChI is InChI=1S/C24H26FN5O.2C2HF3O2/c1-2-29-14-15-30-21(19-4-3-5-20(25)16-19)17-27-23(30)24(29)8-12-28(13-9-24)22(31)18-6-10-26-11-7-18;2*3-2(4,5)1(6)7/h3-7,10-11,16-17H,2,8-9,12-15H2,1H3;2*(H,6,7). The molecule has 0 atom stereocenters. The Labute approximate surface area is 251 Å². The quantitative estimate of drug-likeness (QED) is 0.388. The number of benzene rings is 1. The number of pyridine rings is 1. The van der Waals surface area contributed by atoms with E-state index in [4.69, 9.17) is 24.8 Å². The molecule has 4 heterocycles. The summed E-state index contributed by atoms with van der Waals surface area (Å²) < 4.78 is 79.6. The number of fused-ring (bicyclic) bond motifs is 2. The third-order valence-corrected chi connectivity index (χ3v) is 7.26. The molecule has 3 aromatic rings. The summed E-state index contributed by atoms with van der Waals surface area (Å²) in [5.74, 6) is -4.66. The maximum atomic E-state index is 13.8. The number of carbonyl (C=O) groups excluding carboxylic acids is 1. The number of likely N-dealkylation sites (tertiary alicyclic amines) is 1. The van der Waals surface area contributed by atoms with E-state index >= 15 is 0 Å². The van der Waals surface area contributed by atoms with E-state index in [1.54, 1.807) is 36.7 Å². The van der Waals surface area contributed by atoms with Crippen LogP contribution in [0.25, 0.3) is 11.3 Å². The first kappa shape index (κ1) is 34.9. The van der Waals surface area contributed by atoms with E-state index in [1.807, 2.05) is 17.2 Å². The predicted molar refractivity (Wildman–Crippen MR) is 143 cm³/mol. The summed E-state index contributed by atoms with van der Waals surface area (Å²) in [6.07, 6.45) is -3.32. The van der Waals surface area contributed by atoms with Crippen molar-refractivity contribution in [3.63, 3.8) is 0 Å². The van der Waals surface area contributed by atoms with Gasteiger partial charge in [0.25, 0.3) is 5.91 Å². The zero-order valence-corrected chi connectivity index (χ0v) is 23.6. The fourth-order valence-electron chi connectivity index (χ4n) is 5.19. The number of hydrogen-bond donors (Lipinski definition) is 2. The SMILES string of the molecule is CCN1CCn2c(-c3cccc(F)c3)cnc2C12CCN(C(=O)c1ccncc1)CC2.O=C(O)C(F)(F)F.O=C(O)C(F)(F)F. The molecule has 244 valence electrons. The second-order valence-corrected chi connectivity index (χ2v) is 9.87. The Morgan fingerprint density at radius 3 is 1.93 bits per heavy atom. The maximum Gasteiger partial charge on any atom is 0.490 e. The lowest BCUT2D eigenvalue weighted by Gasteiger charge is -2.50. The number of alkyl halides is 6. The van der Waals surface area contributed by atoms with E-state index in [1.165, 1.54) is 6.07 Å². The number of carboxylic acid groups (broad SMARTS) is 2. The molecule has 0 unspecified atom stereocenters. The largest absolute Gasteiger partial charge is 0.490 e. The van der Waals surface area contributed by atoms with Crippen LogP contribution in [0.5, 0.6) is 0 Å². The van der Waals surface area contributed by atoms with Gasteiger partial charge >= 0.3 is 24.3 Å². The minimum Gasteiger partial charge on any atom is -0.475 e. The summed E-state index contributed by atoms with van der Waals surface area (Å²) in [6, 6.07) is 10.2. The highest BCUT2D eigenvalue weighted by atomic mass is 19.4. The third kappa shape index (κ3) is 8.34. The second kappa shape index (κ2) is 14.0. The number of amides is 1. The molecule has 2 N–H and O–H groups in total. The van der Waals surface area contributed by atoms with Gasteiger partial charge in [-0.2, -0.15) is 26.3 Å². The molecular weight excluding hydrogens is 619 g/mol. The molecule has 10 nitrogen and oxygen atoms in total. The first-order valence-corrected chi connectivity index (χ1v) is 13.4. The average Bonchev–Trinajstić information content (AvgIpc) is 3.43. The van der Waals surface area contributed by atoms with Crippen LogP contribution in [0.15, 0.2) is 55.0 Å². The Bertz CT molecular complexity index is 1460. The number of piperidine rings is 1. The summed E-state index contributed by atoms with van der Waals surface area (Å²) in [5.41, 5.74) is 2.29. The van der Waals surface area contributed by atoms with Crippen LogP contribution in [-0.4, -0.2) is 90.9 Å². The van der Waals surface area contributed by atoms with Crippen LogP contribution in [0.4, 0.5) is 30.7 Å². The fraction of sp³-hybridized carbons (Fsp3) is 0.393. The minimum atomic E-state index is -5.08. The number of halogens is 7. The van der Waals surface area contributed by atoms with Crippen molar-refractivity contribution in [3.8, 4) is 11.3 Å². The van der Waals surface area contributed by atoms with Gasteiger partial charge in [0.2, 0.25) is 0 Å². The molecule has 2 aliphatic heterocycles. The Kier molecular flexibility index (Phi) is 10.9. The number of likely N-dealkylation sites (N-methyl/N-ethyl adjacent to an activating group) is 1. The van der Waals surface area contributed by atoms with E-state index < -0.39 is 24.3 Å². The van der Waals surface area contributed by atoms with Gasteiger partial charge in [-0.3, -0.25) is 14.7 Å². The summed E-state index contributed by atoms with van der Waals surface area (Å²) in [7, 11) is 0. The van der Waals surface area contributed by atoms with Gasteiger partial charge in [0, 0.05) is 49.7 Å². The normalized spacial score (nSPS) is 16.0. The highest BCUT2D eigenvalue weighted by Crippen LogP contribution is 2.42. The van der Waals surface area contributed by atoms with Gasteiger partial charge < -0.3 is 19.7 Å². The lowest BCUT2D eigenvalue weighted by Crippen LogP contribution is -2.58. The number of aromatic nitrogens is 3. The number of carbonyl (C=O) groups is 3. The van der Waals surface area contributed by atoms with Crippen molar-refractivity contribution < 1.29 is 55.3 Å². The number of carboxylic acids is 2. The molecule has 1 saturated heterocycles. The van der Waals surface area contributed by atoms with Crippen LogP contribution in [-0.2, 0) is 21.7 Å². The van der Waals surface area contributed by atoms with Gasteiger partial charge in [-0.15, -0.1) is 0 Å². The highest BCUT2D eigenvalue weighted by molar-refractivity contribution is 5.94. The van der Waals surface area contributed by atoms with E-state index in [0.717, 1.165) is 49.6 Å². The van der Waals surface area contributed by atoms with Crippen LogP contribution in [0.1, 0.15) is 35.9 Å². The van der Waals surface area contributed by atoms with Crippen molar-refractivity contribution in [2.75, 3.05) is 26.2 Å². The molecule has 0 saturated carbocycles. The Hall–Kier alpha value is -4.54. The minimum absolute atomic E-state index is 0.0555. The molecule has 0 bridgehead atoms. The molecule has 1 amide bonds. The van der Waals surface area contributed by atoms with Gasteiger partial charge in [0.15, 0.2) is 0 Å². The van der Waals surface area contributed by atoms with Crippen molar-refractivity contribution in [1.82, 2.24) is 24.3 Å². The van der Waals surface area contributed by atoms with Gasteiger partial charge in [-0.05, 0) is 43.7 Å². The Balaban J connectivity index is 0.000000331. The monoisotopic (exact) mass is 647 g/mol. The number of nitrogens with zero attached hydrogens (tertiary/aromatic N) is 5. The molecule has 0 radical (unpaired) electrons. The lowest BCUT2D eigenvalue weighted by atomic mass is 9.83. The molecule has 5 rings (SSSR count). The van der Waals surface area contributed by atoms with Gasteiger partial charge in [0.1, 0.15) is 11.6 Å². The Morgan fingerprint density at radius 1 is 0.889 bits per heavy atom. The van der Waals surface area contributed by atoms with Crippen molar-refractivity contribution in [2.45, 2.75) is 44.2 Å². The molecule has 17 heteroatoms. The third-order valence-electron chi connectivity index (χ3n) is 7.26. The van der Waals surface area contributed by atoms with Crippen LogP contribution in [0, 0.1) is 5.82 Å². The van der Waals surface area contributed by atoms with E-state index in [-0.39, 0.29) is 17.3 Å². The molecular formula is C28H28F7N5O5. The number of rotatable bonds is 3. The zero-order valence-electron chi connectivity index (χ0n) is 23.6. The van der Waals surface area contributed by atoms with E-state index in [0.29, 0.717) is 18.7 Å². The summed E-state index contributed by atoms with van der Waals surface area (Å²) in [4.78, 5) is 44.0. The second-order valence-electron chi connectivity index (χ2n) is 9.87. The summed E-state index contributed by atoms with van der Waals surface area (Å²) >= 11 is 0. The Morgan fingerprint density at radius 2 is 1.44 bits per heavy atom. The van der Waals surface area contributed by atoms with Gasteiger partial charge in [-0.1, -0.05) is 19.1 Å². The number of aliphatic carboxylic acids is 2. The van der Waals surface area contributed by atoms with E-state index in [2.05, 4.69) is 21.4 Å². The first-order valence-electron chi connectivity index (χ1n) is 13.4. The number of hydrogen-bond acceptors (Lipinski definition) is 6. The van der Waals surface area contributed by atoms with Crippen molar-refractivity contribution in [1.29, 1.82) is 0 Å². The fourth-order valence-corrected chi connectivity index (χ4v) is 5.19. The predicted octanol–water partition coefficient (Wildman–Crippen LogP) is 4.82. The lowest BCUT2D eigenvalue weighted by molar-refractivity contribution is -0.193. The topological polar surface area (TPSA) is 129 Å². The molecule has 2 aromatic heterocycles. The van der Waals surface area contributed by atoms with Crippen LogP contribution in [0.2, 0.25) is 0 Å². The molecule has 1 aromatic carbocycles. The number of imidazole rings is 1. The van der Waals surface area contributed by atoms with E-state index in [9.17, 15) is 35.5 Å². The first-order chi connectivity index (χ1) is 21.0. The van der Waals surface area contributed by atoms with Crippen LogP contribution in [0.3, 0.4) is 0 Å². The highest BCUT2D eigenvalue weighted by Gasteiger charge is 2.47. The van der Waals surface area contributed by atoms with Crippen molar-refractivity contribution >= 4 is 17.8 Å². The average molecular weight is 648 g/mol. The summed E-state index contributed by atoms with van der Waals surface area (Å²) in [5, 5.41) is 14.2. The molecule has 2 aliphatic rings. The summed E-state index contributed by atoms with van der Waals surface area (Å²) in [6.45, 7) is 6.22. The maximum absolute atomic E-state index is 13.8. The molecule has 45 heavy (non-hydrogen) atoms. The molecule has 1 fully saturated rings. The molecule has 1 spiro atoms. The van der Waals surface area contributed by atoms with Crippen molar-refractivity contribution in [2.24, 2.45) is 0 Å². The smallest absolute Gasteiger partial charge is 0.475 e. The van der Waals surface area contributed by atoms with Gasteiger partial charge in [-0.25, -0.2) is 19.0 Å². The van der Waals surface area contributed by atoms with Crippen LogP contribution >= 0.6 is 0 Å². The molecule has 0 aliphatic carbocycles. The van der Waals surface area contributed by atoms with Crippen LogP contribution < -0.4 is 0 Å². The van der Waals surface area contributed by atoms with Gasteiger partial charge in [0.05, 0.1) is 17.4 Å². The zero-order chi connectivity index (χ0) is 33.6.